The second-order valence-corrected chi connectivity index (χ2v) is 8.05. The Hall–Kier alpha value is -2.25. The summed E-state index contributed by atoms with van der Waals surface area (Å²) in [5.41, 5.74) is 2.49. The summed E-state index contributed by atoms with van der Waals surface area (Å²) in [6.45, 7) is 2.15. The Kier molecular flexibility index (Phi) is 7.39. The van der Waals surface area contributed by atoms with Gasteiger partial charge in [-0.3, -0.25) is 0 Å². The zero-order valence-corrected chi connectivity index (χ0v) is 17.0. The molecular formula is C25H29F2NO. The first-order valence-electron chi connectivity index (χ1n) is 10.6. The first-order chi connectivity index (χ1) is 14.0. The molecule has 0 N–H and O–H groups in total. The van der Waals surface area contributed by atoms with E-state index in [2.05, 4.69) is 6.92 Å². The van der Waals surface area contributed by atoms with E-state index in [0.29, 0.717) is 17.9 Å². The number of hydrogen-bond acceptors (Lipinski definition) is 2. The summed E-state index contributed by atoms with van der Waals surface area (Å²) in [5.74, 6) is 1.33. The summed E-state index contributed by atoms with van der Waals surface area (Å²) < 4.78 is 33.7. The summed E-state index contributed by atoms with van der Waals surface area (Å²) >= 11 is 0. The van der Waals surface area contributed by atoms with Gasteiger partial charge in [0.2, 0.25) is 0 Å². The molecule has 0 unspecified atom stereocenters. The molecule has 1 fully saturated rings. The van der Waals surface area contributed by atoms with Crippen LogP contribution in [-0.2, 0) is 17.3 Å². The van der Waals surface area contributed by atoms with Crippen LogP contribution in [0.1, 0.15) is 73.6 Å². The molecule has 0 amide bonds. The molecule has 0 aromatic heterocycles. The molecule has 29 heavy (non-hydrogen) atoms. The maximum Gasteiger partial charge on any atom is 0.383 e. The average molecular weight is 398 g/mol. The van der Waals surface area contributed by atoms with Gasteiger partial charge in [0.1, 0.15) is 0 Å². The lowest BCUT2D eigenvalue weighted by molar-refractivity contribution is -0.248. The van der Waals surface area contributed by atoms with Gasteiger partial charge in [-0.25, -0.2) is 0 Å². The van der Waals surface area contributed by atoms with Crippen molar-refractivity contribution in [2.75, 3.05) is 6.61 Å². The molecule has 2 nitrogen and oxygen atoms in total. The predicted octanol–water partition coefficient (Wildman–Crippen LogP) is 6.94. The molecule has 0 aliphatic heterocycles. The van der Waals surface area contributed by atoms with Crippen molar-refractivity contribution >= 4 is 0 Å². The van der Waals surface area contributed by atoms with Crippen LogP contribution in [0.4, 0.5) is 8.78 Å². The summed E-state index contributed by atoms with van der Waals surface area (Å²) in [7, 11) is 0. The minimum absolute atomic E-state index is 0.0813. The molecule has 0 bridgehead atoms. The zero-order chi connectivity index (χ0) is 20.7. The molecule has 1 aliphatic rings. The third-order valence-electron chi connectivity index (χ3n) is 6.02. The van der Waals surface area contributed by atoms with Gasteiger partial charge in [-0.15, -0.1) is 0 Å². The molecule has 0 spiro atoms. The third-order valence-corrected chi connectivity index (χ3v) is 6.02. The molecule has 2 aromatic carbocycles. The highest BCUT2D eigenvalue weighted by molar-refractivity contribution is 5.31. The van der Waals surface area contributed by atoms with Crippen molar-refractivity contribution in [2.45, 2.75) is 63.9 Å². The number of nitrogens with zero attached hydrogens (tertiary/aromatic N) is 1. The predicted molar refractivity (Wildman–Crippen MR) is 111 cm³/mol. The van der Waals surface area contributed by atoms with Crippen molar-refractivity contribution in [1.82, 2.24) is 0 Å². The lowest BCUT2D eigenvalue weighted by atomic mass is 9.77. The van der Waals surface area contributed by atoms with E-state index < -0.39 is 6.11 Å². The van der Waals surface area contributed by atoms with Crippen molar-refractivity contribution in [3.05, 3.63) is 70.8 Å². The van der Waals surface area contributed by atoms with Crippen molar-refractivity contribution in [2.24, 2.45) is 5.92 Å². The number of halogens is 2. The molecule has 1 saturated carbocycles. The van der Waals surface area contributed by atoms with Crippen molar-refractivity contribution in [3.63, 3.8) is 0 Å². The van der Waals surface area contributed by atoms with E-state index in [1.165, 1.54) is 37.8 Å². The maximum atomic E-state index is 14.4. The molecule has 0 radical (unpaired) electrons. The van der Waals surface area contributed by atoms with Crippen molar-refractivity contribution in [3.8, 4) is 6.07 Å². The highest BCUT2D eigenvalue weighted by Crippen LogP contribution is 2.38. The maximum absolute atomic E-state index is 14.4. The third kappa shape index (κ3) is 5.87. The number of benzene rings is 2. The van der Waals surface area contributed by atoms with Gasteiger partial charge in [0.25, 0.3) is 0 Å². The number of ether oxygens (including phenoxy) is 1. The van der Waals surface area contributed by atoms with Crippen LogP contribution in [0.25, 0.3) is 0 Å². The first-order valence-corrected chi connectivity index (χ1v) is 10.6. The number of rotatable bonds is 8. The van der Waals surface area contributed by atoms with Crippen LogP contribution < -0.4 is 0 Å². The molecule has 0 heterocycles. The van der Waals surface area contributed by atoms with Crippen LogP contribution in [0, 0.1) is 17.2 Å². The first kappa shape index (κ1) is 21.5. The Balaban J connectivity index is 1.52. The Bertz CT molecular complexity index is 800. The Morgan fingerprint density at radius 1 is 1.00 bits per heavy atom. The largest absolute Gasteiger partial charge is 0.383 e. The molecule has 0 atom stereocenters. The Labute approximate surface area is 172 Å². The summed E-state index contributed by atoms with van der Waals surface area (Å²) in [6, 6.07) is 15.7. The standard InChI is InChI=1S/C25H29F2NO/c1-2-3-19-8-10-22(11-9-19)23-12-14-24(15-13-23)25(26,27)29-17-16-20-4-6-21(18-28)7-5-20/h4-7,12-15,19,22H,2-3,8-11,16-17H2,1H3. The second-order valence-electron chi connectivity index (χ2n) is 8.05. The van der Waals surface area contributed by atoms with Crippen molar-refractivity contribution in [1.29, 1.82) is 5.26 Å². The summed E-state index contributed by atoms with van der Waals surface area (Å²) in [5, 5.41) is 8.80. The van der Waals surface area contributed by atoms with Crippen molar-refractivity contribution < 1.29 is 13.5 Å². The summed E-state index contributed by atoms with van der Waals surface area (Å²) in [6.07, 6.45) is 4.42. The van der Waals surface area contributed by atoms with Crippen LogP contribution in [0.5, 0.6) is 0 Å². The van der Waals surface area contributed by atoms with Crippen LogP contribution in [-0.4, -0.2) is 6.61 Å². The van der Waals surface area contributed by atoms with E-state index in [-0.39, 0.29) is 12.2 Å². The molecular weight excluding hydrogens is 368 g/mol. The number of nitriles is 1. The van der Waals surface area contributed by atoms with E-state index in [1.54, 1.807) is 24.3 Å². The smallest absolute Gasteiger partial charge is 0.316 e. The lowest BCUT2D eigenvalue weighted by Gasteiger charge is -2.29. The van der Waals surface area contributed by atoms with Gasteiger partial charge in [0.15, 0.2) is 0 Å². The van der Waals surface area contributed by atoms with E-state index >= 15 is 0 Å². The van der Waals surface area contributed by atoms with Crippen LogP contribution in [0.3, 0.4) is 0 Å². The van der Waals surface area contributed by atoms with Crippen LogP contribution >= 0.6 is 0 Å². The molecule has 0 saturated heterocycles. The van der Waals surface area contributed by atoms with Gasteiger partial charge in [-0.2, -0.15) is 14.0 Å². The van der Waals surface area contributed by atoms with Gasteiger partial charge < -0.3 is 4.74 Å². The topological polar surface area (TPSA) is 33.0 Å². The average Bonchev–Trinajstić information content (AvgIpc) is 2.75. The normalized spacial score (nSPS) is 19.7. The number of hydrogen-bond donors (Lipinski definition) is 0. The van der Waals surface area contributed by atoms with E-state index in [4.69, 9.17) is 10.00 Å². The molecule has 4 heteroatoms. The van der Waals surface area contributed by atoms with Crippen LogP contribution in [0.15, 0.2) is 48.5 Å². The fourth-order valence-corrected chi connectivity index (χ4v) is 4.27. The summed E-state index contributed by atoms with van der Waals surface area (Å²) in [4.78, 5) is 0. The van der Waals surface area contributed by atoms with E-state index in [9.17, 15) is 8.78 Å². The van der Waals surface area contributed by atoms with Gasteiger partial charge in [-0.1, -0.05) is 56.2 Å². The van der Waals surface area contributed by atoms with Gasteiger partial charge in [0, 0.05) is 0 Å². The highest BCUT2D eigenvalue weighted by Gasteiger charge is 2.33. The van der Waals surface area contributed by atoms with Crippen LogP contribution in [0.2, 0.25) is 0 Å². The lowest BCUT2D eigenvalue weighted by Crippen LogP contribution is -2.20. The van der Waals surface area contributed by atoms with Gasteiger partial charge in [-0.05, 0) is 67.2 Å². The zero-order valence-electron chi connectivity index (χ0n) is 17.0. The van der Waals surface area contributed by atoms with E-state index in [0.717, 1.165) is 29.9 Å². The highest BCUT2D eigenvalue weighted by atomic mass is 19.3. The Morgan fingerprint density at radius 3 is 2.24 bits per heavy atom. The Morgan fingerprint density at radius 2 is 1.66 bits per heavy atom. The van der Waals surface area contributed by atoms with E-state index in [1.807, 2.05) is 18.2 Å². The second kappa shape index (κ2) is 9.98. The minimum Gasteiger partial charge on any atom is -0.316 e. The molecule has 3 rings (SSSR count). The molecule has 1 aliphatic carbocycles. The molecule has 2 aromatic rings. The molecule has 154 valence electrons. The quantitative estimate of drug-likeness (QED) is 0.483. The number of alkyl halides is 2. The fraction of sp³-hybridized carbons (Fsp3) is 0.480. The SMILES string of the molecule is CCCC1CCC(c2ccc(C(F)(F)OCCc3ccc(C#N)cc3)cc2)CC1. The minimum atomic E-state index is -3.30. The van der Waals surface area contributed by atoms with Gasteiger partial charge in [0.05, 0.1) is 23.8 Å². The van der Waals surface area contributed by atoms with Gasteiger partial charge >= 0.3 is 6.11 Å². The fourth-order valence-electron chi connectivity index (χ4n) is 4.27. The monoisotopic (exact) mass is 397 g/mol.